The second-order valence-electron chi connectivity index (χ2n) is 5.39. The van der Waals surface area contributed by atoms with Crippen molar-refractivity contribution in [3.63, 3.8) is 0 Å². The molecule has 0 fully saturated rings. The number of methoxy groups -OCH3 is 1. The Hall–Kier alpha value is -2.18. The highest BCUT2D eigenvalue weighted by molar-refractivity contribution is 7.89. The first-order valence-electron chi connectivity index (χ1n) is 7.71. The summed E-state index contributed by atoms with van der Waals surface area (Å²) in [6.45, 7) is 2.31. The van der Waals surface area contributed by atoms with Crippen LogP contribution >= 0.6 is 0 Å². The van der Waals surface area contributed by atoms with Crippen molar-refractivity contribution in [1.82, 2.24) is 4.72 Å². The summed E-state index contributed by atoms with van der Waals surface area (Å²) in [7, 11) is -2.44. The van der Waals surface area contributed by atoms with E-state index in [2.05, 4.69) is 9.46 Å². The van der Waals surface area contributed by atoms with E-state index in [1.54, 1.807) is 0 Å². The predicted octanol–water partition coefficient (Wildman–Crippen LogP) is 2.95. The molecule has 0 spiro atoms. The molecule has 0 aliphatic heterocycles. The Labute approximate surface area is 142 Å². The summed E-state index contributed by atoms with van der Waals surface area (Å²) in [6.07, 6.45) is 0.814. The lowest BCUT2D eigenvalue weighted by atomic mass is 9.97. The molecule has 0 amide bonds. The standard InChI is InChI=1S/C18H21NO4S/c1-3-14(15-8-5-4-6-9-15)13-19-24(21,22)17-11-7-10-16(12-17)18(20)23-2/h4-12,14,19H,3,13H2,1-2H3. The van der Waals surface area contributed by atoms with Crippen molar-refractivity contribution in [3.05, 3.63) is 65.7 Å². The van der Waals surface area contributed by atoms with E-state index < -0.39 is 16.0 Å². The molecule has 0 saturated carbocycles. The number of nitrogens with one attached hydrogen (secondary N) is 1. The summed E-state index contributed by atoms with van der Waals surface area (Å²) in [6, 6.07) is 15.6. The molecular weight excluding hydrogens is 326 g/mol. The van der Waals surface area contributed by atoms with Gasteiger partial charge in [0.1, 0.15) is 0 Å². The third-order valence-electron chi connectivity index (χ3n) is 3.85. The van der Waals surface area contributed by atoms with Gasteiger partial charge >= 0.3 is 5.97 Å². The summed E-state index contributed by atoms with van der Waals surface area (Å²) in [5, 5.41) is 0. The summed E-state index contributed by atoms with van der Waals surface area (Å²) in [5.41, 5.74) is 1.29. The van der Waals surface area contributed by atoms with Crippen molar-refractivity contribution >= 4 is 16.0 Å². The second kappa shape index (κ2) is 8.08. The molecule has 128 valence electrons. The van der Waals surface area contributed by atoms with E-state index >= 15 is 0 Å². The molecule has 0 heterocycles. The Morgan fingerprint density at radius 2 is 1.83 bits per heavy atom. The largest absolute Gasteiger partial charge is 0.465 e. The van der Waals surface area contributed by atoms with Gasteiger partial charge in [-0.3, -0.25) is 0 Å². The second-order valence-corrected chi connectivity index (χ2v) is 7.15. The van der Waals surface area contributed by atoms with Crippen molar-refractivity contribution in [2.24, 2.45) is 0 Å². The molecule has 24 heavy (non-hydrogen) atoms. The van der Waals surface area contributed by atoms with Crippen LogP contribution in [0.2, 0.25) is 0 Å². The van der Waals surface area contributed by atoms with Gasteiger partial charge in [0, 0.05) is 6.54 Å². The Bertz CT molecular complexity index is 788. The van der Waals surface area contributed by atoms with Gasteiger partial charge in [-0.2, -0.15) is 0 Å². The zero-order chi connectivity index (χ0) is 17.6. The van der Waals surface area contributed by atoms with Crippen LogP contribution in [0.4, 0.5) is 0 Å². The minimum atomic E-state index is -3.70. The average molecular weight is 347 g/mol. The molecule has 6 heteroatoms. The number of hydrogen-bond acceptors (Lipinski definition) is 4. The first-order valence-corrected chi connectivity index (χ1v) is 9.19. The molecule has 2 aromatic carbocycles. The van der Waals surface area contributed by atoms with Gasteiger partial charge in [-0.1, -0.05) is 43.3 Å². The van der Waals surface area contributed by atoms with Crippen LogP contribution in [0.5, 0.6) is 0 Å². The van der Waals surface area contributed by atoms with Crippen molar-refractivity contribution in [2.75, 3.05) is 13.7 Å². The molecule has 0 radical (unpaired) electrons. The van der Waals surface area contributed by atoms with Crippen molar-refractivity contribution in [2.45, 2.75) is 24.2 Å². The molecule has 2 aromatic rings. The topological polar surface area (TPSA) is 72.5 Å². The van der Waals surface area contributed by atoms with Gasteiger partial charge in [0.05, 0.1) is 17.6 Å². The van der Waals surface area contributed by atoms with Crippen molar-refractivity contribution in [1.29, 1.82) is 0 Å². The SMILES string of the molecule is CCC(CNS(=O)(=O)c1cccc(C(=O)OC)c1)c1ccccc1. The summed E-state index contributed by atoms with van der Waals surface area (Å²) in [5.74, 6) is -0.479. The molecule has 5 nitrogen and oxygen atoms in total. The van der Waals surface area contributed by atoms with E-state index in [1.807, 2.05) is 37.3 Å². The Kier molecular flexibility index (Phi) is 6.11. The summed E-state index contributed by atoms with van der Waals surface area (Å²) in [4.78, 5) is 11.6. The van der Waals surface area contributed by atoms with Gasteiger partial charge in [-0.05, 0) is 36.1 Å². The fourth-order valence-corrected chi connectivity index (χ4v) is 3.55. The predicted molar refractivity (Wildman–Crippen MR) is 92.4 cm³/mol. The number of esters is 1. The average Bonchev–Trinajstić information content (AvgIpc) is 2.62. The minimum Gasteiger partial charge on any atom is -0.465 e. The van der Waals surface area contributed by atoms with Gasteiger partial charge in [-0.25, -0.2) is 17.9 Å². The van der Waals surface area contributed by atoms with Crippen molar-refractivity contribution in [3.8, 4) is 0 Å². The lowest BCUT2D eigenvalue weighted by Gasteiger charge is -2.16. The fourth-order valence-electron chi connectivity index (χ4n) is 2.42. The number of ether oxygens (including phenoxy) is 1. The van der Waals surface area contributed by atoms with E-state index in [4.69, 9.17) is 0 Å². The molecule has 0 saturated heterocycles. The molecule has 1 atom stereocenters. The lowest BCUT2D eigenvalue weighted by molar-refractivity contribution is 0.0600. The van der Waals surface area contributed by atoms with Gasteiger partial charge in [0.15, 0.2) is 0 Å². The first-order chi connectivity index (χ1) is 11.5. The third-order valence-corrected chi connectivity index (χ3v) is 5.27. The van der Waals surface area contributed by atoms with Crippen LogP contribution < -0.4 is 4.72 Å². The van der Waals surface area contributed by atoms with Crippen LogP contribution in [0.25, 0.3) is 0 Å². The number of sulfonamides is 1. The van der Waals surface area contributed by atoms with E-state index in [9.17, 15) is 13.2 Å². The van der Waals surface area contributed by atoms with Gasteiger partial charge in [0.25, 0.3) is 0 Å². The number of hydrogen-bond donors (Lipinski definition) is 1. The molecule has 1 N–H and O–H groups in total. The highest BCUT2D eigenvalue weighted by Crippen LogP contribution is 2.19. The van der Waals surface area contributed by atoms with Gasteiger partial charge < -0.3 is 4.74 Å². The van der Waals surface area contributed by atoms with Gasteiger partial charge in [-0.15, -0.1) is 0 Å². The molecule has 0 aromatic heterocycles. The molecule has 0 aliphatic rings. The lowest BCUT2D eigenvalue weighted by Crippen LogP contribution is -2.28. The normalized spacial score (nSPS) is 12.6. The summed E-state index contributed by atoms with van der Waals surface area (Å²) >= 11 is 0. The first kappa shape index (κ1) is 18.2. The molecule has 2 rings (SSSR count). The fraction of sp³-hybridized carbons (Fsp3) is 0.278. The van der Waals surface area contributed by atoms with Crippen LogP contribution in [-0.2, 0) is 14.8 Å². The molecular formula is C18H21NO4S. The smallest absolute Gasteiger partial charge is 0.337 e. The van der Waals surface area contributed by atoms with Crippen molar-refractivity contribution < 1.29 is 17.9 Å². The minimum absolute atomic E-state index is 0.0494. The Morgan fingerprint density at radius 3 is 2.46 bits per heavy atom. The summed E-state index contributed by atoms with van der Waals surface area (Å²) < 4.78 is 32.2. The highest BCUT2D eigenvalue weighted by Gasteiger charge is 2.18. The molecule has 0 aliphatic carbocycles. The van der Waals surface area contributed by atoms with Crippen LogP contribution in [0, 0.1) is 0 Å². The van der Waals surface area contributed by atoms with E-state index in [1.165, 1.54) is 31.4 Å². The molecule has 1 unspecified atom stereocenters. The van der Waals surface area contributed by atoms with Crippen LogP contribution in [0.15, 0.2) is 59.5 Å². The maximum atomic E-state index is 12.5. The quantitative estimate of drug-likeness (QED) is 0.782. The monoisotopic (exact) mass is 347 g/mol. The van der Waals surface area contributed by atoms with E-state index in [0.29, 0.717) is 6.54 Å². The van der Waals surface area contributed by atoms with E-state index in [-0.39, 0.29) is 16.4 Å². The maximum absolute atomic E-state index is 12.5. The number of rotatable bonds is 7. The zero-order valence-electron chi connectivity index (χ0n) is 13.7. The number of benzene rings is 2. The highest BCUT2D eigenvalue weighted by atomic mass is 32.2. The third kappa shape index (κ3) is 4.43. The number of carbonyl (C=O) groups is 1. The van der Waals surface area contributed by atoms with Gasteiger partial charge in [0.2, 0.25) is 10.0 Å². The molecule has 0 bridgehead atoms. The van der Waals surface area contributed by atoms with Crippen LogP contribution in [0.3, 0.4) is 0 Å². The zero-order valence-corrected chi connectivity index (χ0v) is 14.5. The maximum Gasteiger partial charge on any atom is 0.337 e. The van der Waals surface area contributed by atoms with Crippen LogP contribution in [-0.4, -0.2) is 28.0 Å². The Balaban J connectivity index is 2.15. The number of carbonyl (C=O) groups excluding carboxylic acids is 1. The van der Waals surface area contributed by atoms with E-state index in [0.717, 1.165) is 12.0 Å². The van der Waals surface area contributed by atoms with Crippen LogP contribution in [0.1, 0.15) is 35.2 Å². The Morgan fingerprint density at radius 1 is 1.12 bits per heavy atom.